The lowest BCUT2D eigenvalue weighted by molar-refractivity contribution is 0.223. The van der Waals surface area contributed by atoms with Crippen molar-refractivity contribution in [2.45, 2.75) is 51.6 Å². The Kier molecular flexibility index (Phi) is 5.37. The summed E-state index contributed by atoms with van der Waals surface area (Å²) in [4.78, 5) is 16.6. The molecule has 1 aliphatic rings. The second-order valence-corrected chi connectivity index (χ2v) is 6.27. The minimum Gasteiger partial charge on any atom is -0.396 e. The van der Waals surface area contributed by atoms with E-state index in [9.17, 15) is 4.79 Å². The van der Waals surface area contributed by atoms with E-state index in [0.29, 0.717) is 12.3 Å². The number of hydrogen-bond donors (Lipinski definition) is 3. The molecule has 1 aromatic heterocycles. The third-order valence-corrected chi connectivity index (χ3v) is 4.63. The average Bonchev–Trinajstić information content (AvgIpc) is 3.17. The molecule has 2 unspecified atom stereocenters. The van der Waals surface area contributed by atoms with Crippen molar-refractivity contribution >= 4 is 17.4 Å². The first-order valence-corrected chi connectivity index (χ1v) is 8.12. The molecule has 2 amide bonds. The number of aliphatic hydroxyl groups is 1. The molecule has 5 nitrogen and oxygen atoms in total. The summed E-state index contributed by atoms with van der Waals surface area (Å²) >= 11 is 1.61. The first-order chi connectivity index (χ1) is 9.63. The molecule has 1 heterocycles. The van der Waals surface area contributed by atoms with Crippen LogP contribution in [0, 0.1) is 12.8 Å². The maximum atomic E-state index is 12.1. The standard InChI is InChI=1S/C14H23N3O2S/c1-3-11(6-7-18)16-14(19)17-12(10-4-5-10)13-15-9(2)8-20-13/h8,10-12,18H,3-7H2,1-2H3,(H2,16,17,19). The van der Waals surface area contributed by atoms with Crippen molar-refractivity contribution in [1.82, 2.24) is 15.6 Å². The molecule has 20 heavy (non-hydrogen) atoms. The van der Waals surface area contributed by atoms with Crippen LogP contribution in [0.2, 0.25) is 0 Å². The third kappa shape index (κ3) is 4.18. The average molecular weight is 297 g/mol. The number of rotatable bonds is 7. The van der Waals surface area contributed by atoms with E-state index in [-0.39, 0.29) is 24.7 Å². The van der Waals surface area contributed by atoms with E-state index in [0.717, 1.165) is 30.0 Å². The molecule has 0 spiro atoms. The Bertz CT molecular complexity index is 445. The molecule has 0 radical (unpaired) electrons. The van der Waals surface area contributed by atoms with Gasteiger partial charge >= 0.3 is 6.03 Å². The highest BCUT2D eigenvalue weighted by molar-refractivity contribution is 7.09. The number of aryl methyl sites for hydroxylation is 1. The molecule has 2 rings (SSSR count). The monoisotopic (exact) mass is 297 g/mol. The lowest BCUT2D eigenvalue weighted by Gasteiger charge is -2.20. The van der Waals surface area contributed by atoms with Crippen molar-refractivity contribution < 1.29 is 9.90 Å². The quantitative estimate of drug-likeness (QED) is 0.723. The van der Waals surface area contributed by atoms with Crippen LogP contribution in [0.5, 0.6) is 0 Å². The zero-order valence-electron chi connectivity index (χ0n) is 12.1. The molecule has 1 fully saturated rings. The summed E-state index contributed by atoms with van der Waals surface area (Å²) in [5, 5.41) is 17.9. The van der Waals surface area contributed by atoms with Gasteiger partial charge in [0, 0.05) is 23.7 Å². The molecule has 6 heteroatoms. The molecule has 0 saturated heterocycles. The van der Waals surface area contributed by atoms with E-state index >= 15 is 0 Å². The van der Waals surface area contributed by atoms with Crippen molar-refractivity contribution in [3.05, 3.63) is 16.1 Å². The predicted octanol–water partition coefficient (Wildman–Crippen LogP) is 2.36. The van der Waals surface area contributed by atoms with Gasteiger partial charge in [-0.15, -0.1) is 11.3 Å². The van der Waals surface area contributed by atoms with E-state index in [1.807, 2.05) is 19.2 Å². The van der Waals surface area contributed by atoms with Crippen molar-refractivity contribution in [3.8, 4) is 0 Å². The molecule has 2 atom stereocenters. The normalized spacial score (nSPS) is 17.6. The summed E-state index contributed by atoms with van der Waals surface area (Å²) in [7, 11) is 0. The first-order valence-electron chi connectivity index (χ1n) is 7.24. The highest BCUT2D eigenvalue weighted by Gasteiger charge is 2.35. The van der Waals surface area contributed by atoms with Crippen LogP contribution in [-0.2, 0) is 0 Å². The van der Waals surface area contributed by atoms with Gasteiger partial charge in [0.05, 0.1) is 6.04 Å². The van der Waals surface area contributed by atoms with Gasteiger partial charge in [0.1, 0.15) is 5.01 Å². The van der Waals surface area contributed by atoms with Crippen molar-refractivity contribution in [2.24, 2.45) is 5.92 Å². The molecule has 1 aliphatic carbocycles. The van der Waals surface area contributed by atoms with Gasteiger partial charge < -0.3 is 15.7 Å². The number of nitrogens with one attached hydrogen (secondary N) is 2. The van der Waals surface area contributed by atoms with E-state index in [1.54, 1.807) is 11.3 Å². The summed E-state index contributed by atoms with van der Waals surface area (Å²) in [5.41, 5.74) is 1.00. The van der Waals surface area contributed by atoms with Gasteiger partial charge in [-0.2, -0.15) is 0 Å². The number of hydrogen-bond acceptors (Lipinski definition) is 4. The Labute approximate surface area is 123 Å². The van der Waals surface area contributed by atoms with Crippen LogP contribution in [-0.4, -0.2) is 28.8 Å². The third-order valence-electron chi connectivity index (χ3n) is 3.59. The van der Waals surface area contributed by atoms with E-state index in [2.05, 4.69) is 15.6 Å². The molecule has 0 bridgehead atoms. The number of amides is 2. The molecule has 3 N–H and O–H groups in total. The van der Waals surface area contributed by atoms with Gasteiger partial charge in [-0.1, -0.05) is 6.92 Å². The van der Waals surface area contributed by atoms with Gasteiger partial charge in [0.25, 0.3) is 0 Å². The number of carbonyl (C=O) groups excluding carboxylic acids is 1. The van der Waals surface area contributed by atoms with Crippen LogP contribution in [0.4, 0.5) is 4.79 Å². The molecule has 0 aliphatic heterocycles. The van der Waals surface area contributed by atoms with Crippen LogP contribution in [0.3, 0.4) is 0 Å². The topological polar surface area (TPSA) is 74.2 Å². The Morgan fingerprint density at radius 3 is 2.80 bits per heavy atom. The van der Waals surface area contributed by atoms with Gasteiger partial charge in [-0.3, -0.25) is 0 Å². The summed E-state index contributed by atoms with van der Waals surface area (Å²) in [5.74, 6) is 0.518. The van der Waals surface area contributed by atoms with Gasteiger partial charge in [-0.25, -0.2) is 9.78 Å². The molecule has 1 aromatic rings. The number of carbonyl (C=O) groups is 1. The summed E-state index contributed by atoms with van der Waals surface area (Å²) < 4.78 is 0. The lowest BCUT2D eigenvalue weighted by Crippen LogP contribution is -2.44. The zero-order chi connectivity index (χ0) is 14.5. The molecule has 1 saturated carbocycles. The zero-order valence-corrected chi connectivity index (χ0v) is 12.9. The number of thiazole rings is 1. The van der Waals surface area contributed by atoms with Gasteiger partial charge in [-0.05, 0) is 38.5 Å². The fourth-order valence-corrected chi connectivity index (χ4v) is 3.17. The second kappa shape index (κ2) is 7.04. The number of urea groups is 1. The number of aromatic nitrogens is 1. The second-order valence-electron chi connectivity index (χ2n) is 5.38. The summed E-state index contributed by atoms with van der Waals surface area (Å²) in [6, 6.07) is -0.103. The van der Waals surface area contributed by atoms with Crippen molar-refractivity contribution in [3.63, 3.8) is 0 Å². The minimum absolute atomic E-state index is 0.0258. The van der Waals surface area contributed by atoms with Crippen LogP contribution in [0.25, 0.3) is 0 Å². The SMILES string of the molecule is CCC(CCO)NC(=O)NC(c1nc(C)cs1)C1CC1. The molecular weight excluding hydrogens is 274 g/mol. The van der Waals surface area contributed by atoms with E-state index in [1.165, 1.54) is 0 Å². The Balaban J connectivity index is 1.93. The summed E-state index contributed by atoms with van der Waals surface area (Å²) in [6.45, 7) is 4.07. The van der Waals surface area contributed by atoms with Gasteiger partial charge in [0.2, 0.25) is 0 Å². The van der Waals surface area contributed by atoms with Crippen LogP contribution >= 0.6 is 11.3 Å². The maximum Gasteiger partial charge on any atom is 0.315 e. The highest BCUT2D eigenvalue weighted by atomic mass is 32.1. The smallest absolute Gasteiger partial charge is 0.315 e. The minimum atomic E-state index is -0.157. The first kappa shape index (κ1) is 15.3. The Hall–Kier alpha value is -1.14. The van der Waals surface area contributed by atoms with Crippen molar-refractivity contribution in [1.29, 1.82) is 0 Å². The van der Waals surface area contributed by atoms with Gasteiger partial charge in [0.15, 0.2) is 0 Å². The highest BCUT2D eigenvalue weighted by Crippen LogP contribution is 2.41. The Morgan fingerprint density at radius 2 is 2.30 bits per heavy atom. The lowest BCUT2D eigenvalue weighted by atomic mass is 10.1. The molecule has 112 valence electrons. The Morgan fingerprint density at radius 1 is 1.55 bits per heavy atom. The fourth-order valence-electron chi connectivity index (χ4n) is 2.23. The van der Waals surface area contributed by atoms with E-state index < -0.39 is 0 Å². The molecule has 0 aromatic carbocycles. The maximum absolute atomic E-state index is 12.1. The molecular formula is C14H23N3O2S. The largest absolute Gasteiger partial charge is 0.396 e. The summed E-state index contributed by atoms with van der Waals surface area (Å²) in [6.07, 6.45) is 3.71. The van der Waals surface area contributed by atoms with Crippen LogP contribution < -0.4 is 10.6 Å². The number of nitrogens with zero attached hydrogens (tertiary/aromatic N) is 1. The van der Waals surface area contributed by atoms with E-state index in [4.69, 9.17) is 5.11 Å². The van der Waals surface area contributed by atoms with Crippen LogP contribution in [0.1, 0.15) is 49.4 Å². The number of aliphatic hydroxyl groups excluding tert-OH is 1. The van der Waals surface area contributed by atoms with Crippen molar-refractivity contribution in [2.75, 3.05) is 6.61 Å². The predicted molar refractivity (Wildman–Crippen MR) is 79.8 cm³/mol. The van der Waals surface area contributed by atoms with Crippen LogP contribution in [0.15, 0.2) is 5.38 Å². The fraction of sp³-hybridized carbons (Fsp3) is 0.714.